The number of benzene rings is 1. The minimum atomic E-state index is 0.149. The first kappa shape index (κ1) is 18.0. The van der Waals surface area contributed by atoms with Gasteiger partial charge in [-0.15, -0.1) is 21.5 Å². The molecule has 0 saturated carbocycles. The molecule has 3 rings (SSSR count). The predicted octanol–water partition coefficient (Wildman–Crippen LogP) is 3.11. The molecule has 2 heterocycles. The average molecular weight is 359 g/mol. The van der Waals surface area contributed by atoms with Crippen LogP contribution in [-0.4, -0.2) is 45.5 Å². The van der Waals surface area contributed by atoms with Crippen molar-refractivity contribution in [1.29, 1.82) is 0 Å². The molecule has 1 saturated heterocycles. The zero-order chi connectivity index (χ0) is 17.6. The molecule has 25 heavy (non-hydrogen) atoms. The second-order valence-electron chi connectivity index (χ2n) is 6.60. The molecular weight excluding hydrogens is 332 g/mol. The van der Waals surface area contributed by atoms with Crippen LogP contribution in [0, 0.1) is 12.8 Å². The Labute approximate surface area is 153 Å². The van der Waals surface area contributed by atoms with Crippen molar-refractivity contribution >= 4 is 17.2 Å². The van der Waals surface area contributed by atoms with Gasteiger partial charge in [0.25, 0.3) is 0 Å². The van der Waals surface area contributed by atoms with Gasteiger partial charge in [0.05, 0.1) is 6.54 Å². The topological polar surface area (TPSA) is 49.3 Å². The first-order valence-corrected chi connectivity index (χ1v) is 9.81. The van der Waals surface area contributed by atoms with Crippen molar-refractivity contribution in [2.24, 2.45) is 5.92 Å². The van der Waals surface area contributed by atoms with Crippen LogP contribution in [-0.2, 0) is 17.9 Å². The van der Waals surface area contributed by atoms with Gasteiger partial charge in [-0.1, -0.05) is 30.3 Å². The number of hydrogen-bond donors (Lipinski definition) is 0. The molecule has 0 radical (unpaired) electrons. The minimum absolute atomic E-state index is 0.149. The number of carbonyl (C=O) groups excluding carboxylic acids is 1. The van der Waals surface area contributed by atoms with Gasteiger partial charge in [0, 0.05) is 19.0 Å². The van der Waals surface area contributed by atoms with E-state index >= 15 is 0 Å². The Morgan fingerprint density at radius 3 is 2.56 bits per heavy atom. The molecule has 0 bridgehead atoms. The summed E-state index contributed by atoms with van der Waals surface area (Å²) in [6, 6.07) is 10.2. The summed E-state index contributed by atoms with van der Waals surface area (Å²) in [5.41, 5.74) is 1.20. The summed E-state index contributed by atoms with van der Waals surface area (Å²) in [7, 11) is 0. The van der Waals surface area contributed by atoms with E-state index in [1.54, 1.807) is 11.3 Å². The molecule has 2 aromatic rings. The molecule has 0 N–H and O–H groups in total. The third kappa shape index (κ3) is 4.86. The Balaban J connectivity index is 1.51. The van der Waals surface area contributed by atoms with Crippen LogP contribution in [0.1, 0.15) is 35.3 Å². The summed E-state index contributed by atoms with van der Waals surface area (Å²) in [5, 5.41) is 10.4. The summed E-state index contributed by atoms with van der Waals surface area (Å²) in [6.45, 7) is 8.29. The minimum Gasteiger partial charge on any atom is -0.338 e. The number of aromatic nitrogens is 2. The standard InChI is InChI=1S/C19H26N4OS/c1-3-23(13-16-7-5-4-6-8-16)19(24)17-9-11-22(12-10-17)14-18-21-20-15(2)25-18/h4-8,17H,3,9-14H2,1-2H3. The normalized spacial score (nSPS) is 16.1. The van der Waals surface area contributed by atoms with Crippen molar-refractivity contribution in [1.82, 2.24) is 20.0 Å². The van der Waals surface area contributed by atoms with Crippen LogP contribution in [0.2, 0.25) is 0 Å². The van der Waals surface area contributed by atoms with Crippen molar-refractivity contribution in [2.75, 3.05) is 19.6 Å². The number of carbonyl (C=O) groups is 1. The SMILES string of the molecule is CCN(Cc1ccccc1)C(=O)C1CCN(Cc2nnc(C)s2)CC1. The molecule has 1 aliphatic heterocycles. The molecule has 1 aromatic heterocycles. The van der Waals surface area contributed by atoms with Crippen LogP contribution in [0.4, 0.5) is 0 Å². The monoisotopic (exact) mass is 358 g/mol. The molecule has 0 unspecified atom stereocenters. The van der Waals surface area contributed by atoms with Crippen LogP contribution in [0.3, 0.4) is 0 Å². The van der Waals surface area contributed by atoms with Gasteiger partial charge in [-0.2, -0.15) is 0 Å². The number of aryl methyl sites for hydroxylation is 1. The van der Waals surface area contributed by atoms with Crippen LogP contribution in [0.25, 0.3) is 0 Å². The molecule has 6 heteroatoms. The zero-order valence-electron chi connectivity index (χ0n) is 15.0. The highest BCUT2D eigenvalue weighted by Crippen LogP contribution is 2.22. The Morgan fingerprint density at radius 2 is 1.96 bits per heavy atom. The smallest absolute Gasteiger partial charge is 0.226 e. The van der Waals surface area contributed by atoms with Crippen molar-refractivity contribution < 1.29 is 4.79 Å². The van der Waals surface area contributed by atoms with Crippen molar-refractivity contribution in [3.63, 3.8) is 0 Å². The Bertz CT molecular complexity index is 680. The van der Waals surface area contributed by atoms with Gasteiger partial charge in [0.2, 0.25) is 5.91 Å². The largest absolute Gasteiger partial charge is 0.338 e. The van der Waals surface area contributed by atoms with E-state index in [4.69, 9.17) is 0 Å². The first-order valence-electron chi connectivity index (χ1n) is 8.99. The fourth-order valence-corrected chi connectivity index (χ4v) is 4.09. The summed E-state index contributed by atoms with van der Waals surface area (Å²) < 4.78 is 0. The second kappa shape index (κ2) is 8.54. The predicted molar refractivity (Wildman–Crippen MR) is 100 cm³/mol. The molecular formula is C19H26N4OS. The number of hydrogen-bond acceptors (Lipinski definition) is 5. The Morgan fingerprint density at radius 1 is 1.24 bits per heavy atom. The lowest BCUT2D eigenvalue weighted by Crippen LogP contribution is -2.42. The lowest BCUT2D eigenvalue weighted by Gasteiger charge is -2.33. The fraction of sp³-hybridized carbons (Fsp3) is 0.526. The van der Waals surface area contributed by atoms with Gasteiger partial charge < -0.3 is 4.90 Å². The summed E-state index contributed by atoms with van der Waals surface area (Å²) >= 11 is 1.66. The van der Waals surface area contributed by atoms with E-state index in [1.165, 1.54) is 5.56 Å². The number of piperidine rings is 1. The molecule has 1 fully saturated rings. The molecule has 1 aliphatic rings. The highest BCUT2D eigenvalue weighted by Gasteiger charge is 2.28. The van der Waals surface area contributed by atoms with E-state index in [0.29, 0.717) is 12.5 Å². The van der Waals surface area contributed by atoms with Crippen LogP contribution in [0.5, 0.6) is 0 Å². The van der Waals surface area contributed by atoms with Gasteiger partial charge >= 0.3 is 0 Å². The van der Waals surface area contributed by atoms with Gasteiger partial charge in [0.1, 0.15) is 10.0 Å². The lowest BCUT2D eigenvalue weighted by atomic mass is 9.95. The summed E-state index contributed by atoms with van der Waals surface area (Å²) in [5.74, 6) is 0.453. The molecule has 5 nitrogen and oxygen atoms in total. The number of likely N-dealkylation sites (tertiary alicyclic amines) is 1. The summed E-state index contributed by atoms with van der Waals surface area (Å²) in [4.78, 5) is 17.3. The molecule has 1 aromatic carbocycles. The summed E-state index contributed by atoms with van der Waals surface area (Å²) in [6.07, 6.45) is 1.86. The van der Waals surface area contributed by atoms with Gasteiger partial charge in [-0.3, -0.25) is 9.69 Å². The van der Waals surface area contributed by atoms with Crippen LogP contribution < -0.4 is 0 Å². The van der Waals surface area contributed by atoms with Gasteiger partial charge in [0.15, 0.2) is 0 Å². The van der Waals surface area contributed by atoms with E-state index in [-0.39, 0.29) is 5.92 Å². The van der Waals surface area contributed by atoms with E-state index in [9.17, 15) is 4.79 Å². The molecule has 1 amide bonds. The van der Waals surface area contributed by atoms with E-state index in [0.717, 1.165) is 49.0 Å². The lowest BCUT2D eigenvalue weighted by molar-refractivity contribution is -0.137. The first-order chi connectivity index (χ1) is 12.2. The maximum Gasteiger partial charge on any atom is 0.226 e. The zero-order valence-corrected chi connectivity index (χ0v) is 15.8. The molecule has 0 spiro atoms. The third-order valence-corrected chi connectivity index (χ3v) is 5.60. The average Bonchev–Trinajstić information content (AvgIpc) is 3.05. The Hall–Kier alpha value is -1.79. The highest BCUT2D eigenvalue weighted by atomic mass is 32.1. The highest BCUT2D eigenvalue weighted by molar-refractivity contribution is 7.11. The van der Waals surface area contributed by atoms with Crippen molar-refractivity contribution in [3.8, 4) is 0 Å². The van der Waals surface area contributed by atoms with Crippen molar-refractivity contribution in [2.45, 2.75) is 39.8 Å². The van der Waals surface area contributed by atoms with Crippen LogP contribution >= 0.6 is 11.3 Å². The van der Waals surface area contributed by atoms with E-state index < -0.39 is 0 Å². The number of amides is 1. The van der Waals surface area contributed by atoms with Crippen molar-refractivity contribution in [3.05, 3.63) is 45.9 Å². The fourth-order valence-electron chi connectivity index (χ4n) is 3.34. The van der Waals surface area contributed by atoms with Crippen LogP contribution in [0.15, 0.2) is 30.3 Å². The molecule has 134 valence electrons. The van der Waals surface area contributed by atoms with Gasteiger partial charge in [-0.25, -0.2) is 0 Å². The van der Waals surface area contributed by atoms with Gasteiger partial charge in [-0.05, 0) is 45.3 Å². The maximum absolute atomic E-state index is 12.9. The number of nitrogens with zero attached hydrogens (tertiary/aromatic N) is 4. The third-order valence-electron chi connectivity index (χ3n) is 4.77. The molecule has 0 aliphatic carbocycles. The quantitative estimate of drug-likeness (QED) is 0.796. The Kier molecular flexibility index (Phi) is 6.15. The van der Waals surface area contributed by atoms with E-state index in [2.05, 4.69) is 34.2 Å². The van der Waals surface area contributed by atoms with E-state index in [1.807, 2.05) is 30.0 Å². The second-order valence-corrected chi connectivity index (χ2v) is 7.87. The number of rotatable bonds is 6. The maximum atomic E-state index is 12.9. The molecule has 0 atom stereocenters.